The monoisotopic (exact) mass is 210 g/mol. The Hall–Kier alpha value is -0.170. The second-order valence-electron chi connectivity index (χ2n) is 3.54. The highest BCUT2D eigenvalue weighted by molar-refractivity contribution is 7.85. The van der Waals surface area contributed by atoms with Gasteiger partial charge in [0.15, 0.2) is 0 Å². The molecule has 1 heterocycles. The van der Waals surface area contributed by atoms with Crippen LogP contribution < -0.4 is 0 Å². The van der Waals surface area contributed by atoms with Crippen molar-refractivity contribution in [1.29, 1.82) is 0 Å². The molecule has 1 atom stereocenters. The molecule has 13 heavy (non-hydrogen) atoms. The first-order valence-electron chi connectivity index (χ1n) is 4.11. The molecule has 1 rings (SSSR count). The highest BCUT2D eigenvalue weighted by Crippen LogP contribution is 2.29. The number of rotatable bonds is 3. The van der Waals surface area contributed by atoms with Crippen LogP contribution in [0.1, 0.15) is 12.8 Å². The fourth-order valence-electron chi connectivity index (χ4n) is 1.58. The summed E-state index contributed by atoms with van der Waals surface area (Å²) in [6, 6.07) is 0. The standard InChI is InChI=1S/C7H14O5S/c8-4-7(6-13(9,10)11)2-1-3-12-5-7/h8H,1-6H2,(H,9,10,11)/t7-/m1/s1. The van der Waals surface area contributed by atoms with Gasteiger partial charge >= 0.3 is 0 Å². The molecule has 0 unspecified atom stereocenters. The molecule has 0 spiro atoms. The third kappa shape index (κ3) is 3.22. The summed E-state index contributed by atoms with van der Waals surface area (Å²) < 4.78 is 35.1. The largest absolute Gasteiger partial charge is 0.396 e. The molecule has 0 amide bonds. The average Bonchev–Trinajstić information content (AvgIpc) is 2.03. The predicted octanol–water partition coefficient (Wildman–Crippen LogP) is -0.337. The maximum Gasteiger partial charge on any atom is 0.265 e. The molecule has 0 saturated carbocycles. The van der Waals surface area contributed by atoms with E-state index in [0.717, 1.165) is 6.42 Å². The molecule has 1 aliphatic rings. The van der Waals surface area contributed by atoms with Gasteiger partial charge in [0.1, 0.15) is 0 Å². The minimum absolute atomic E-state index is 0.198. The van der Waals surface area contributed by atoms with E-state index in [2.05, 4.69) is 0 Å². The van der Waals surface area contributed by atoms with Crippen molar-refractivity contribution in [3.8, 4) is 0 Å². The lowest BCUT2D eigenvalue weighted by Gasteiger charge is -2.33. The Morgan fingerprint density at radius 1 is 1.46 bits per heavy atom. The molecule has 5 nitrogen and oxygen atoms in total. The molecule has 1 aliphatic heterocycles. The minimum Gasteiger partial charge on any atom is -0.396 e. The third-order valence-electron chi connectivity index (χ3n) is 2.23. The predicted molar refractivity (Wildman–Crippen MR) is 46.0 cm³/mol. The molecule has 2 N–H and O–H groups in total. The van der Waals surface area contributed by atoms with Crippen molar-refractivity contribution >= 4 is 10.1 Å². The molecule has 0 bridgehead atoms. The van der Waals surface area contributed by atoms with Crippen LogP contribution in [0.5, 0.6) is 0 Å². The fraction of sp³-hybridized carbons (Fsp3) is 1.00. The van der Waals surface area contributed by atoms with Gasteiger partial charge in [-0.15, -0.1) is 0 Å². The van der Waals surface area contributed by atoms with Gasteiger partial charge in [-0.1, -0.05) is 0 Å². The zero-order chi connectivity index (χ0) is 9.95. The lowest BCUT2D eigenvalue weighted by Crippen LogP contribution is -2.41. The SMILES string of the molecule is O=S(=O)(O)C[C@@]1(CO)CCCOC1. The molecule has 0 aliphatic carbocycles. The lowest BCUT2D eigenvalue weighted by molar-refractivity contribution is -0.0258. The molecular weight excluding hydrogens is 196 g/mol. The van der Waals surface area contributed by atoms with Crippen LogP contribution in [0.15, 0.2) is 0 Å². The second-order valence-corrected chi connectivity index (χ2v) is 4.99. The van der Waals surface area contributed by atoms with E-state index < -0.39 is 21.3 Å². The van der Waals surface area contributed by atoms with E-state index in [0.29, 0.717) is 13.0 Å². The van der Waals surface area contributed by atoms with Gasteiger partial charge in [0.25, 0.3) is 10.1 Å². The molecule has 1 fully saturated rings. The summed E-state index contributed by atoms with van der Waals surface area (Å²) >= 11 is 0. The number of hydrogen-bond donors (Lipinski definition) is 2. The Balaban J connectivity index is 2.68. The highest BCUT2D eigenvalue weighted by atomic mass is 32.2. The topological polar surface area (TPSA) is 83.8 Å². The van der Waals surface area contributed by atoms with E-state index in [1.165, 1.54) is 0 Å². The Kier molecular flexibility index (Phi) is 3.28. The molecule has 0 aromatic rings. The summed E-state index contributed by atoms with van der Waals surface area (Å²) in [4.78, 5) is 0. The van der Waals surface area contributed by atoms with Gasteiger partial charge in [-0.3, -0.25) is 4.55 Å². The third-order valence-corrected chi connectivity index (χ3v) is 3.21. The molecule has 0 radical (unpaired) electrons. The second kappa shape index (κ2) is 3.91. The summed E-state index contributed by atoms with van der Waals surface area (Å²) in [6.45, 7) is 0.517. The maximum atomic E-state index is 10.7. The first-order chi connectivity index (χ1) is 5.97. The van der Waals surface area contributed by atoms with E-state index >= 15 is 0 Å². The van der Waals surface area contributed by atoms with Gasteiger partial charge in [-0.05, 0) is 12.8 Å². The molecule has 0 aromatic carbocycles. The van der Waals surface area contributed by atoms with Crippen LogP contribution in [0.3, 0.4) is 0 Å². The Morgan fingerprint density at radius 3 is 2.54 bits per heavy atom. The van der Waals surface area contributed by atoms with Crippen molar-refractivity contribution in [2.45, 2.75) is 12.8 Å². The van der Waals surface area contributed by atoms with Crippen molar-refractivity contribution in [2.24, 2.45) is 5.41 Å². The Morgan fingerprint density at radius 2 is 2.15 bits per heavy atom. The van der Waals surface area contributed by atoms with Crippen LogP contribution in [-0.4, -0.2) is 43.7 Å². The van der Waals surface area contributed by atoms with Crippen molar-refractivity contribution in [1.82, 2.24) is 0 Å². The zero-order valence-electron chi connectivity index (χ0n) is 7.27. The van der Waals surface area contributed by atoms with Crippen molar-refractivity contribution in [2.75, 3.05) is 25.6 Å². The van der Waals surface area contributed by atoms with Crippen molar-refractivity contribution in [3.05, 3.63) is 0 Å². The summed E-state index contributed by atoms with van der Waals surface area (Å²) in [6.07, 6.45) is 1.29. The Labute approximate surface area is 77.5 Å². The van der Waals surface area contributed by atoms with Gasteiger partial charge in [0.2, 0.25) is 0 Å². The number of ether oxygens (including phenoxy) is 1. The van der Waals surface area contributed by atoms with Gasteiger partial charge < -0.3 is 9.84 Å². The van der Waals surface area contributed by atoms with Crippen molar-refractivity contribution in [3.63, 3.8) is 0 Å². The van der Waals surface area contributed by atoms with Gasteiger partial charge in [0, 0.05) is 12.0 Å². The summed E-state index contributed by atoms with van der Waals surface area (Å²) in [5, 5.41) is 9.05. The minimum atomic E-state index is -4.03. The summed E-state index contributed by atoms with van der Waals surface area (Å²) in [7, 11) is -4.03. The van der Waals surface area contributed by atoms with E-state index in [-0.39, 0.29) is 13.2 Å². The first kappa shape index (κ1) is 10.9. The molecular formula is C7H14O5S. The van der Waals surface area contributed by atoms with Crippen LogP contribution in [0, 0.1) is 5.41 Å². The zero-order valence-corrected chi connectivity index (χ0v) is 8.09. The van der Waals surface area contributed by atoms with Gasteiger partial charge in [0.05, 0.1) is 19.0 Å². The molecule has 1 saturated heterocycles. The summed E-state index contributed by atoms with van der Waals surface area (Å²) in [5.74, 6) is -0.420. The molecule has 6 heteroatoms. The lowest BCUT2D eigenvalue weighted by atomic mass is 9.86. The number of aliphatic hydroxyl groups excluding tert-OH is 1. The van der Waals surface area contributed by atoms with Gasteiger partial charge in [-0.2, -0.15) is 8.42 Å². The smallest absolute Gasteiger partial charge is 0.265 e. The first-order valence-corrected chi connectivity index (χ1v) is 5.72. The highest BCUT2D eigenvalue weighted by Gasteiger charge is 2.36. The average molecular weight is 210 g/mol. The quantitative estimate of drug-likeness (QED) is 0.623. The molecule has 78 valence electrons. The molecule has 0 aromatic heterocycles. The van der Waals surface area contributed by atoms with E-state index in [1.807, 2.05) is 0 Å². The van der Waals surface area contributed by atoms with Gasteiger partial charge in [-0.25, -0.2) is 0 Å². The van der Waals surface area contributed by atoms with E-state index in [4.69, 9.17) is 14.4 Å². The van der Waals surface area contributed by atoms with E-state index in [1.54, 1.807) is 0 Å². The number of aliphatic hydroxyl groups is 1. The van der Waals surface area contributed by atoms with Crippen LogP contribution in [0.4, 0.5) is 0 Å². The van der Waals surface area contributed by atoms with Crippen LogP contribution in [-0.2, 0) is 14.9 Å². The van der Waals surface area contributed by atoms with E-state index in [9.17, 15) is 8.42 Å². The maximum absolute atomic E-state index is 10.7. The Bertz CT molecular complexity index is 252. The van der Waals surface area contributed by atoms with Crippen LogP contribution in [0.2, 0.25) is 0 Å². The normalized spacial score (nSPS) is 30.3. The summed E-state index contributed by atoms with van der Waals surface area (Å²) in [5.41, 5.74) is -0.800. The van der Waals surface area contributed by atoms with Crippen molar-refractivity contribution < 1.29 is 22.8 Å². The number of hydrogen-bond acceptors (Lipinski definition) is 4. The van der Waals surface area contributed by atoms with Crippen LogP contribution in [0.25, 0.3) is 0 Å². The fourth-order valence-corrected chi connectivity index (χ4v) is 2.67. The van der Waals surface area contributed by atoms with Crippen LogP contribution >= 0.6 is 0 Å².